The van der Waals surface area contributed by atoms with Gasteiger partial charge in [-0.2, -0.15) is 0 Å². The highest BCUT2D eigenvalue weighted by Crippen LogP contribution is 2.58. The van der Waals surface area contributed by atoms with Crippen LogP contribution in [0.1, 0.15) is 45.6 Å². The molecule has 7 nitrogen and oxygen atoms in total. The average molecular weight is 449 g/mol. The van der Waals surface area contributed by atoms with Crippen molar-refractivity contribution in [2.24, 2.45) is 16.7 Å². The molecule has 4 heterocycles. The van der Waals surface area contributed by atoms with Gasteiger partial charge in [-0.05, 0) is 43.7 Å². The van der Waals surface area contributed by atoms with Gasteiger partial charge in [-0.15, -0.1) is 0 Å². The largest absolute Gasteiger partial charge is 0.342 e. The molecule has 3 saturated heterocycles. The number of amides is 1. The molecule has 3 aliphatic heterocycles. The Bertz CT molecular complexity index is 897. The molecule has 4 rings (SSSR count). The predicted molar refractivity (Wildman–Crippen MR) is 121 cm³/mol. The van der Waals surface area contributed by atoms with E-state index in [0.29, 0.717) is 13.1 Å². The summed E-state index contributed by atoms with van der Waals surface area (Å²) in [4.78, 5) is 22.3. The molecule has 1 aromatic rings. The van der Waals surface area contributed by atoms with Gasteiger partial charge in [0.05, 0.1) is 11.2 Å². The average Bonchev–Trinajstić information content (AvgIpc) is 3.20. The lowest BCUT2D eigenvalue weighted by atomic mass is 9.60. The molecule has 1 atom stereocenters. The molecular weight excluding hydrogens is 412 g/mol. The molecule has 31 heavy (non-hydrogen) atoms. The monoisotopic (exact) mass is 448 g/mol. The zero-order valence-corrected chi connectivity index (χ0v) is 19.9. The Morgan fingerprint density at radius 3 is 2.45 bits per heavy atom. The molecule has 0 radical (unpaired) electrons. The summed E-state index contributed by atoms with van der Waals surface area (Å²) in [6, 6.07) is 4.04. The van der Waals surface area contributed by atoms with Gasteiger partial charge in [0, 0.05) is 63.6 Å². The van der Waals surface area contributed by atoms with Crippen molar-refractivity contribution < 1.29 is 13.2 Å². The van der Waals surface area contributed by atoms with E-state index in [1.807, 2.05) is 37.9 Å². The minimum Gasteiger partial charge on any atom is -0.342 e. The Balaban J connectivity index is 1.58. The Kier molecular flexibility index (Phi) is 6.18. The van der Waals surface area contributed by atoms with Crippen LogP contribution in [0.4, 0.5) is 0 Å². The second kappa shape index (κ2) is 8.45. The van der Waals surface area contributed by atoms with Crippen LogP contribution in [0.5, 0.6) is 0 Å². The van der Waals surface area contributed by atoms with Crippen molar-refractivity contribution >= 4 is 15.9 Å². The first-order valence-electron chi connectivity index (χ1n) is 11.6. The van der Waals surface area contributed by atoms with Crippen LogP contribution in [0, 0.1) is 16.7 Å². The highest BCUT2D eigenvalue weighted by Gasteiger charge is 2.65. The van der Waals surface area contributed by atoms with Crippen LogP contribution in [0.15, 0.2) is 24.5 Å². The second-order valence-corrected chi connectivity index (χ2v) is 12.1. The topological polar surface area (TPSA) is 73.8 Å². The van der Waals surface area contributed by atoms with Gasteiger partial charge in [0.15, 0.2) is 0 Å². The van der Waals surface area contributed by atoms with E-state index in [2.05, 4.69) is 16.0 Å². The van der Waals surface area contributed by atoms with E-state index in [1.165, 1.54) is 0 Å². The molecule has 172 valence electrons. The predicted octanol–water partition coefficient (Wildman–Crippen LogP) is 2.20. The van der Waals surface area contributed by atoms with E-state index in [9.17, 15) is 13.2 Å². The van der Waals surface area contributed by atoms with Crippen molar-refractivity contribution in [1.82, 2.24) is 19.1 Å². The quantitative estimate of drug-likeness (QED) is 0.667. The number of hydrogen-bond donors (Lipinski definition) is 0. The van der Waals surface area contributed by atoms with E-state index < -0.39 is 10.0 Å². The van der Waals surface area contributed by atoms with E-state index in [-0.39, 0.29) is 28.4 Å². The number of carbonyl (C=O) groups excluding carboxylic acids is 1. The number of nitrogens with zero attached hydrogens (tertiary/aromatic N) is 4. The van der Waals surface area contributed by atoms with Crippen LogP contribution in [-0.2, 0) is 21.4 Å². The fourth-order valence-electron chi connectivity index (χ4n) is 6.18. The third-order valence-electron chi connectivity index (χ3n) is 7.67. The zero-order chi connectivity index (χ0) is 22.3. The number of piperidine rings is 1. The molecular formula is C23H36N4O3S. The van der Waals surface area contributed by atoms with Crippen LogP contribution < -0.4 is 0 Å². The SMILES string of the molecule is CCN1CCC2(CN(Cc3cccnc3)CC23CCN(S(=O)(=O)CC(C)C)CC3)C1=O. The normalized spacial score (nSPS) is 27.2. The minimum absolute atomic E-state index is 0.114. The smallest absolute Gasteiger partial charge is 0.230 e. The summed E-state index contributed by atoms with van der Waals surface area (Å²) in [6.07, 6.45) is 6.08. The van der Waals surface area contributed by atoms with Gasteiger partial charge >= 0.3 is 0 Å². The van der Waals surface area contributed by atoms with Crippen LogP contribution in [0.25, 0.3) is 0 Å². The third kappa shape index (κ3) is 4.02. The van der Waals surface area contributed by atoms with E-state index in [0.717, 1.165) is 57.5 Å². The number of fused-ring (bicyclic) bond motifs is 1. The summed E-state index contributed by atoms with van der Waals surface area (Å²) in [6.45, 7) is 10.9. The molecule has 8 heteroatoms. The standard InChI is InChI=1S/C23H36N4O3S/c1-4-26-11-9-23(21(26)28)18-25(15-20-6-5-10-24-14-20)17-22(23)7-12-27(13-8-22)31(29,30)16-19(2)3/h5-6,10,14,19H,4,7-9,11-13,15-18H2,1-3H3. The van der Waals surface area contributed by atoms with Crippen molar-refractivity contribution in [3.05, 3.63) is 30.1 Å². The Labute approximate surface area is 186 Å². The molecule has 1 amide bonds. The number of aromatic nitrogens is 1. The van der Waals surface area contributed by atoms with Gasteiger partial charge in [-0.25, -0.2) is 12.7 Å². The van der Waals surface area contributed by atoms with Crippen LogP contribution in [-0.4, -0.2) is 78.4 Å². The van der Waals surface area contributed by atoms with Crippen LogP contribution >= 0.6 is 0 Å². The van der Waals surface area contributed by atoms with Crippen LogP contribution in [0.2, 0.25) is 0 Å². The lowest BCUT2D eigenvalue weighted by Crippen LogP contribution is -2.54. The first kappa shape index (κ1) is 22.7. The van der Waals surface area contributed by atoms with Gasteiger partial charge in [0.25, 0.3) is 0 Å². The maximum absolute atomic E-state index is 13.6. The zero-order valence-electron chi connectivity index (χ0n) is 19.1. The summed E-state index contributed by atoms with van der Waals surface area (Å²) >= 11 is 0. The highest BCUT2D eigenvalue weighted by atomic mass is 32.2. The number of rotatable bonds is 6. The van der Waals surface area contributed by atoms with Crippen LogP contribution in [0.3, 0.4) is 0 Å². The van der Waals surface area contributed by atoms with E-state index in [4.69, 9.17) is 0 Å². The van der Waals surface area contributed by atoms with E-state index in [1.54, 1.807) is 10.5 Å². The van der Waals surface area contributed by atoms with Gasteiger partial charge in [0.2, 0.25) is 15.9 Å². The molecule has 0 saturated carbocycles. The minimum atomic E-state index is -3.24. The fourth-order valence-corrected chi connectivity index (χ4v) is 7.97. The van der Waals surface area contributed by atoms with E-state index >= 15 is 0 Å². The number of hydrogen-bond acceptors (Lipinski definition) is 5. The molecule has 3 fully saturated rings. The summed E-state index contributed by atoms with van der Waals surface area (Å²) < 4.78 is 27.3. The maximum atomic E-state index is 13.6. The number of likely N-dealkylation sites (tertiary alicyclic amines) is 2. The van der Waals surface area contributed by atoms with Crippen molar-refractivity contribution in [2.45, 2.75) is 46.6 Å². The van der Waals surface area contributed by atoms with Gasteiger partial charge in [-0.1, -0.05) is 19.9 Å². The number of carbonyl (C=O) groups is 1. The summed E-state index contributed by atoms with van der Waals surface area (Å²) in [5.41, 5.74) is 0.614. The molecule has 1 unspecified atom stereocenters. The Morgan fingerprint density at radius 2 is 1.87 bits per heavy atom. The Morgan fingerprint density at radius 1 is 1.13 bits per heavy atom. The van der Waals surface area contributed by atoms with Gasteiger partial charge < -0.3 is 4.90 Å². The van der Waals surface area contributed by atoms with Crippen molar-refractivity contribution in [2.75, 3.05) is 45.0 Å². The fraction of sp³-hybridized carbons (Fsp3) is 0.739. The maximum Gasteiger partial charge on any atom is 0.230 e. The third-order valence-corrected chi connectivity index (χ3v) is 9.91. The second-order valence-electron chi connectivity index (χ2n) is 10.1. The van der Waals surface area contributed by atoms with Crippen molar-refractivity contribution in [3.63, 3.8) is 0 Å². The van der Waals surface area contributed by atoms with Crippen molar-refractivity contribution in [3.8, 4) is 0 Å². The lowest BCUT2D eigenvalue weighted by Gasteiger charge is -2.46. The molecule has 2 spiro atoms. The first-order valence-corrected chi connectivity index (χ1v) is 13.2. The summed E-state index contributed by atoms with van der Waals surface area (Å²) in [5.74, 6) is 0.589. The highest BCUT2D eigenvalue weighted by molar-refractivity contribution is 7.89. The number of sulfonamides is 1. The van der Waals surface area contributed by atoms with Gasteiger partial charge in [-0.3, -0.25) is 14.7 Å². The summed E-state index contributed by atoms with van der Waals surface area (Å²) in [5, 5.41) is 0. The molecule has 0 N–H and O–H groups in total. The molecule has 3 aliphatic rings. The number of pyridine rings is 1. The summed E-state index contributed by atoms with van der Waals surface area (Å²) in [7, 11) is -3.24. The molecule has 1 aromatic heterocycles. The van der Waals surface area contributed by atoms with Gasteiger partial charge in [0.1, 0.15) is 0 Å². The molecule has 0 aromatic carbocycles. The molecule has 0 bridgehead atoms. The molecule has 0 aliphatic carbocycles. The first-order chi connectivity index (χ1) is 14.7. The lowest BCUT2D eigenvalue weighted by molar-refractivity contribution is -0.141. The Hall–Kier alpha value is -1.51. The van der Waals surface area contributed by atoms with Crippen molar-refractivity contribution in [1.29, 1.82) is 0 Å².